The van der Waals surface area contributed by atoms with E-state index in [0.29, 0.717) is 81.2 Å². The van der Waals surface area contributed by atoms with Crippen molar-refractivity contribution >= 4 is 96.1 Å². The van der Waals surface area contributed by atoms with Gasteiger partial charge >= 0.3 is 0 Å². The lowest BCUT2D eigenvalue weighted by Crippen LogP contribution is -1.95. The predicted octanol–water partition coefficient (Wildman–Crippen LogP) is 16.0. The SMILES string of the molecule is CC(C)c1cc(N)no1.CC(C)c1cc(N)ns1.CC(C)c1ccno1.CC(C)c1ccns1.CC(C)c1cnc(N)s1.CC(C)c1cncs1.CC(C)c1nncs1.CC(C)n1ccnc1.CC(C)n1cnc(N)c1.Cc1nnc(N)s1. The number of nitrogens with two attached hydrogens (primary N) is 5. The van der Waals surface area contributed by atoms with Crippen molar-refractivity contribution in [1.82, 2.24) is 68.5 Å². The number of aromatic nitrogens is 14. The maximum atomic E-state index is 5.42. The van der Waals surface area contributed by atoms with E-state index in [2.05, 4.69) is 181 Å². The number of anilines is 5. The van der Waals surface area contributed by atoms with Gasteiger partial charge in [-0.15, -0.1) is 54.4 Å². The van der Waals surface area contributed by atoms with Gasteiger partial charge in [-0.05, 0) is 93.5 Å². The molecular formula is C56H91N19O2S6. The number of hydrogen-bond acceptors (Lipinski definition) is 25. The Kier molecular flexibility index (Phi) is 37.2. The van der Waals surface area contributed by atoms with Gasteiger partial charge in [-0.1, -0.05) is 119 Å². The molecular weight excluding hydrogens is 1160 g/mol. The second-order valence-electron chi connectivity index (χ2n) is 20.6. The molecule has 0 unspecified atom stereocenters. The number of nitrogen functional groups attached to an aromatic ring is 5. The van der Waals surface area contributed by atoms with Crippen LogP contribution in [-0.2, 0) is 0 Å². The minimum Gasteiger partial charge on any atom is -0.383 e. The summed E-state index contributed by atoms with van der Waals surface area (Å²) in [5, 5.41) is 25.2. The summed E-state index contributed by atoms with van der Waals surface area (Å²) in [5.74, 6) is 7.22. The zero-order valence-electron chi connectivity index (χ0n) is 51.8. The normalized spacial score (nSPS) is 10.4. The van der Waals surface area contributed by atoms with Crippen molar-refractivity contribution in [3.63, 3.8) is 0 Å². The van der Waals surface area contributed by atoms with Crippen molar-refractivity contribution < 1.29 is 9.05 Å². The number of nitrogens with zero attached hydrogens (tertiary/aromatic N) is 14. The van der Waals surface area contributed by atoms with Crippen LogP contribution in [0.2, 0.25) is 0 Å². The molecule has 10 aromatic heterocycles. The average molecular weight is 1250 g/mol. The third-order valence-corrected chi connectivity index (χ3v) is 16.2. The van der Waals surface area contributed by atoms with Crippen molar-refractivity contribution in [3.8, 4) is 0 Å². The lowest BCUT2D eigenvalue weighted by molar-refractivity contribution is 0.371. The summed E-state index contributed by atoms with van der Waals surface area (Å²) in [6, 6.07) is 8.60. The first-order chi connectivity index (χ1) is 39.1. The summed E-state index contributed by atoms with van der Waals surface area (Å²) in [4.78, 5) is 20.9. The van der Waals surface area contributed by atoms with Crippen molar-refractivity contribution in [2.24, 2.45) is 0 Å². The van der Waals surface area contributed by atoms with Crippen LogP contribution in [0, 0.1) is 6.92 Å². The Morgan fingerprint density at radius 2 is 1.14 bits per heavy atom. The summed E-state index contributed by atoms with van der Waals surface area (Å²) in [6.07, 6.45) is 16.4. The van der Waals surface area contributed by atoms with Gasteiger partial charge in [0.1, 0.15) is 38.7 Å². The number of aryl methyl sites for hydroxylation is 1. The highest BCUT2D eigenvalue weighted by atomic mass is 32.1. The topological polar surface area (TPSA) is 321 Å². The van der Waals surface area contributed by atoms with Crippen molar-refractivity contribution in [2.75, 3.05) is 28.7 Å². The van der Waals surface area contributed by atoms with Crippen LogP contribution in [0.15, 0.2) is 100 Å². The fourth-order valence-electron chi connectivity index (χ4n) is 5.23. The fraction of sp³-hybridized carbons (Fsp3) is 0.500. The van der Waals surface area contributed by atoms with Crippen molar-refractivity contribution in [1.29, 1.82) is 0 Å². The quantitative estimate of drug-likeness (QED) is 0.0896. The number of hydrogen-bond donors (Lipinski definition) is 5. The Morgan fingerprint density at radius 3 is 1.37 bits per heavy atom. The van der Waals surface area contributed by atoms with Crippen LogP contribution in [0.4, 0.5) is 27.7 Å². The summed E-state index contributed by atoms with van der Waals surface area (Å²) in [5.41, 5.74) is 30.4. The molecule has 0 bridgehead atoms. The molecule has 21 nitrogen and oxygen atoms in total. The highest BCUT2D eigenvalue weighted by Gasteiger charge is 2.06. The smallest absolute Gasteiger partial charge is 0.203 e. The summed E-state index contributed by atoms with van der Waals surface area (Å²) in [7, 11) is 0. The Bertz CT molecular complexity index is 2590. The van der Waals surface area contributed by atoms with E-state index < -0.39 is 0 Å². The molecule has 0 radical (unpaired) electrons. The maximum absolute atomic E-state index is 5.42. The molecule has 0 aliphatic heterocycles. The molecule has 10 N–H and O–H groups in total. The number of imidazole rings is 2. The Balaban J connectivity index is 0.000000461. The van der Waals surface area contributed by atoms with E-state index in [9.17, 15) is 0 Å². The van der Waals surface area contributed by atoms with Crippen LogP contribution < -0.4 is 28.7 Å². The van der Waals surface area contributed by atoms with E-state index in [1.54, 1.807) is 75.8 Å². The van der Waals surface area contributed by atoms with Gasteiger partial charge in [0.05, 0.1) is 24.4 Å². The molecule has 27 heteroatoms. The zero-order valence-corrected chi connectivity index (χ0v) is 56.7. The molecule has 458 valence electrons. The first-order valence-electron chi connectivity index (χ1n) is 27.0. The lowest BCUT2D eigenvalue weighted by atomic mass is 10.2. The zero-order chi connectivity index (χ0) is 62.6. The van der Waals surface area contributed by atoms with E-state index in [0.717, 1.165) is 21.5 Å². The number of thiazole rings is 2. The summed E-state index contributed by atoms with van der Waals surface area (Å²) >= 11 is 9.35. The minimum atomic E-state index is 0.370. The molecule has 10 rings (SSSR count). The Hall–Kier alpha value is -6.52. The first kappa shape index (κ1) is 74.5. The van der Waals surface area contributed by atoms with Crippen LogP contribution in [0.3, 0.4) is 0 Å². The molecule has 0 atom stereocenters. The number of rotatable bonds is 9. The van der Waals surface area contributed by atoms with E-state index in [1.165, 1.54) is 42.4 Å². The van der Waals surface area contributed by atoms with E-state index >= 15 is 0 Å². The van der Waals surface area contributed by atoms with E-state index in [4.69, 9.17) is 37.7 Å². The molecule has 83 heavy (non-hydrogen) atoms. The highest BCUT2D eigenvalue weighted by Crippen LogP contribution is 2.23. The van der Waals surface area contributed by atoms with Gasteiger partial charge < -0.3 is 46.8 Å². The molecule has 10 aromatic rings. The monoisotopic (exact) mass is 1250 g/mol. The van der Waals surface area contributed by atoms with Crippen LogP contribution >= 0.6 is 68.4 Å². The van der Waals surface area contributed by atoms with Gasteiger partial charge in [-0.25, -0.2) is 19.3 Å². The largest absolute Gasteiger partial charge is 0.383 e. The summed E-state index contributed by atoms with van der Waals surface area (Å²) < 4.78 is 21.7. The van der Waals surface area contributed by atoms with E-state index in [1.807, 2.05) is 80.3 Å². The summed E-state index contributed by atoms with van der Waals surface area (Å²) in [6.45, 7) is 39.9. The molecule has 0 saturated heterocycles. The van der Waals surface area contributed by atoms with Gasteiger partial charge in [0.25, 0.3) is 0 Å². The molecule has 0 aliphatic carbocycles. The molecule has 0 aliphatic rings. The molecule has 0 aromatic carbocycles. The predicted molar refractivity (Wildman–Crippen MR) is 352 cm³/mol. The van der Waals surface area contributed by atoms with Crippen LogP contribution in [-0.4, -0.2) is 68.5 Å². The van der Waals surface area contributed by atoms with Gasteiger partial charge in [0.15, 0.2) is 10.9 Å². The second-order valence-corrected chi connectivity index (χ2v) is 26.4. The lowest BCUT2D eigenvalue weighted by Gasteiger charge is -2.02. The Morgan fingerprint density at radius 1 is 0.494 bits per heavy atom. The first-order valence-corrected chi connectivity index (χ1v) is 32.0. The van der Waals surface area contributed by atoms with Gasteiger partial charge in [-0.2, -0.15) is 4.37 Å². The highest BCUT2D eigenvalue weighted by molar-refractivity contribution is 7.15. The van der Waals surface area contributed by atoms with Crippen LogP contribution in [0.25, 0.3) is 0 Å². The van der Waals surface area contributed by atoms with Crippen LogP contribution in [0.1, 0.15) is 219 Å². The van der Waals surface area contributed by atoms with Gasteiger partial charge in [0.2, 0.25) is 5.13 Å². The van der Waals surface area contributed by atoms with E-state index in [-0.39, 0.29) is 0 Å². The van der Waals surface area contributed by atoms with Crippen molar-refractivity contribution in [2.45, 2.75) is 185 Å². The fourth-order valence-corrected chi connectivity index (χ4v) is 8.82. The van der Waals surface area contributed by atoms with Crippen LogP contribution in [0.5, 0.6) is 0 Å². The Labute approximate surface area is 516 Å². The minimum absolute atomic E-state index is 0.370. The third kappa shape index (κ3) is 34.0. The molecule has 0 fully saturated rings. The molecule has 0 amide bonds. The molecule has 10 heterocycles. The second kappa shape index (κ2) is 41.5. The maximum Gasteiger partial charge on any atom is 0.203 e. The van der Waals surface area contributed by atoms with Gasteiger partial charge in [-0.3, -0.25) is 4.98 Å². The standard InChI is InChI=1S/C6H11N3.C6H10N2O.2C6H10N2S.C6H10N2.C6H9NO.2C6H9NS.C5H8N2S.C3H5N3S/c1-5(2)9-3-6(7)8-4-9;1-4(2)5-3-6(7)8-9-5;1-4(2)5-3-8-6(7)9-5;1-4(2)5-3-6(7)8-9-5;1-6(2)8-4-3-7-5-8;1-5(2)6-3-4-7-8-6;1-5(2)6-3-7-4-8-6;1-5(2)6-3-4-7-8-6;1-4(2)5-7-6-3-8-5;1-2-5-6-3(4)7-2/h3-5H,7H2,1-2H3;3*3-4H,1-2H3,(H2,7,8);3-6H,1-2H3;3*3-5H,1-2H3;3-4H,1-2H3;1H3,(H2,4,6). The van der Waals surface area contributed by atoms with Gasteiger partial charge in [0, 0.05) is 98.7 Å². The molecule has 0 saturated carbocycles. The average Bonchev–Trinajstić information content (AvgIpc) is 4.27. The third-order valence-electron chi connectivity index (χ3n) is 10.2. The van der Waals surface area contributed by atoms with Crippen molar-refractivity contribution in [3.05, 3.63) is 132 Å². The molecule has 0 spiro atoms.